The van der Waals surface area contributed by atoms with Crippen molar-refractivity contribution in [3.05, 3.63) is 11.9 Å². The molecule has 1 saturated carbocycles. The van der Waals surface area contributed by atoms with Crippen LogP contribution in [0, 0.1) is 0 Å². The number of nitrogens with zero attached hydrogens (tertiary/aromatic N) is 2. The lowest BCUT2D eigenvalue weighted by Gasteiger charge is -2.35. The van der Waals surface area contributed by atoms with Gasteiger partial charge in [-0.25, -0.2) is 9.97 Å². The molecule has 2 N–H and O–H groups in total. The normalized spacial score (nSPS) is 21.8. The van der Waals surface area contributed by atoms with Crippen LogP contribution in [0.5, 0.6) is 0 Å². The summed E-state index contributed by atoms with van der Waals surface area (Å²) in [5.41, 5.74) is 0. The minimum atomic E-state index is 0.420. The molecule has 1 heterocycles. The minimum Gasteiger partial charge on any atom is -0.378 e. The van der Waals surface area contributed by atoms with Gasteiger partial charge in [-0.2, -0.15) is 0 Å². The first kappa shape index (κ1) is 14.1. The summed E-state index contributed by atoms with van der Waals surface area (Å²) >= 11 is 0. The van der Waals surface area contributed by atoms with Crippen LogP contribution in [0.1, 0.15) is 39.4 Å². The zero-order chi connectivity index (χ0) is 13.7. The quantitative estimate of drug-likeness (QED) is 0.792. The van der Waals surface area contributed by atoms with E-state index in [1.165, 1.54) is 0 Å². The van der Waals surface area contributed by atoms with Crippen molar-refractivity contribution in [1.82, 2.24) is 9.97 Å². The van der Waals surface area contributed by atoms with E-state index in [-0.39, 0.29) is 0 Å². The maximum Gasteiger partial charge on any atom is 0.132 e. The van der Waals surface area contributed by atoms with E-state index in [1.54, 1.807) is 0 Å². The van der Waals surface area contributed by atoms with Crippen LogP contribution in [-0.2, 0) is 11.2 Å². The molecule has 0 saturated heterocycles. The molecule has 19 heavy (non-hydrogen) atoms. The van der Waals surface area contributed by atoms with E-state index >= 15 is 0 Å². The van der Waals surface area contributed by atoms with E-state index in [4.69, 9.17) is 4.74 Å². The number of nitrogens with one attached hydrogen (secondary N) is 2. The van der Waals surface area contributed by atoms with Gasteiger partial charge >= 0.3 is 0 Å². The van der Waals surface area contributed by atoms with Crippen LogP contribution in [0.25, 0.3) is 0 Å². The molecular formula is C14H24N4O. The molecule has 1 aliphatic carbocycles. The van der Waals surface area contributed by atoms with Gasteiger partial charge < -0.3 is 15.4 Å². The lowest BCUT2D eigenvalue weighted by atomic mass is 9.89. The molecule has 0 aliphatic heterocycles. The Balaban J connectivity index is 1.94. The zero-order valence-corrected chi connectivity index (χ0v) is 12.1. The fourth-order valence-corrected chi connectivity index (χ4v) is 2.27. The molecule has 1 aliphatic rings. The molecule has 2 rings (SSSR count). The van der Waals surface area contributed by atoms with Gasteiger partial charge in [0, 0.05) is 31.7 Å². The van der Waals surface area contributed by atoms with Crippen molar-refractivity contribution in [2.45, 2.75) is 52.2 Å². The van der Waals surface area contributed by atoms with Crippen LogP contribution in [0.4, 0.5) is 11.6 Å². The van der Waals surface area contributed by atoms with Crippen molar-refractivity contribution in [3.63, 3.8) is 0 Å². The molecule has 106 valence electrons. The Kier molecular flexibility index (Phi) is 4.96. The molecular weight excluding hydrogens is 240 g/mol. The van der Waals surface area contributed by atoms with Gasteiger partial charge in [0.25, 0.3) is 0 Å². The van der Waals surface area contributed by atoms with Crippen LogP contribution in [-0.4, -0.2) is 35.3 Å². The van der Waals surface area contributed by atoms with Gasteiger partial charge in [-0.1, -0.05) is 6.92 Å². The molecule has 0 amide bonds. The molecule has 0 bridgehead atoms. The monoisotopic (exact) mass is 264 g/mol. The van der Waals surface area contributed by atoms with E-state index in [0.717, 1.165) is 49.9 Å². The van der Waals surface area contributed by atoms with Gasteiger partial charge in [0.15, 0.2) is 0 Å². The van der Waals surface area contributed by atoms with Gasteiger partial charge in [-0.3, -0.25) is 0 Å². The Bertz CT molecular complexity index is 404. The van der Waals surface area contributed by atoms with E-state index in [1.807, 2.05) is 13.0 Å². The Labute approximate surface area is 115 Å². The lowest BCUT2D eigenvalue weighted by molar-refractivity contribution is 0.00292. The summed E-state index contributed by atoms with van der Waals surface area (Å²) in [5.74, 6) is 2.70. The summed E-state index contributed by atoms with van der Waals surface area (Å²) in [4.78, 5) is 8.97. The Hall–Kier alpha value is -1.36. The number of hydrogen-bond donors (Lipinski definition) is 2. The summed E-state index contributed by atoms with van der Waals surface area (Å²) in [6.07, 6.45) is 3.40. The smallest absolute Gasteiger partial charge is 0.132 e. The van der Waals surface area contributed by atoms with Crippen molar-refractivity contribution in [1.29, 1.82) is 0 Å². The third kappa shape index (κ3) is 3.80. The first-order chi connectivity index (χ1) is 9.25. The predicted molar refractivity (Wildman–Crippen MR) is 77.6 cm³/mol. The Morgan fingerprint density at radius 1 is 1.21 bits per heavy atom. The van der Waals surface area contributed by atoms with Gasteiger partial charge in [-0.15, -0.1) is 0 Å². The predicted octanol–water partition coefficient (Wildman–Crippen LogP) is 2.45. The zero-order valence-electron chi connectivity index (χ0n) is 12.1. The van der Waals surface area contributed by atoms with Crippen LogP contribution in [0.3, 0.4) is 0 Å². The third-order valence-electron chi connectivity index (χ3n) is 3.30. The fourth-order valence-electron chi connectivity index (χ4n) is 2.27. The van der Waals surface area contributed by atoms with E-state index in [0.29, 0.717) is 12.1 Å². The molecule has 5 nitrogen and oxygen atoms in total. The number of aromatic nitrogens is 2. The number of aryl methyl sites for hydroxylation is 1. The van der Waals surface area contributed by atoms with Gasteiger partial charge in [0.05, 0.1) is 6.10 Å². The molecule has 0 atom stereocenters. The SMILES string of the molecule is CCNc1cc(NC2CC(OCC)C2)nc(CC)n1. The second-order valence-electron chi connectivity index (χ2n) is 4.83. The maximum atomic E-state index is 5.57. The fraction of sp³-hybridized carbons (Fsp3) is 0.714. The van der Waals surface area contributed by atoms with Crippen LogP contribution >= 0.6 is 0 Å². The molecule has 0 aromatic carbocycles. The number of ether oxygens (including phenoxy) is 1. The summed E-state index contributed by atoms with van der Waals surface area (Å²) in [7, 11) is 0. The first-order valence-corrected chi connectivity index (χ1v) is 7.25. The highest BCUT2D eigenvalue weighted by atomic mass is 16.5. The van der Waals surface area contributed by atoms with Crippen LogP contribution in [0.2, 0.25) is 0 Å². The van der Waals surface area contributed by atoms with E-state index in [9.17, 15) is 0 Å². The highest BCUT2D eigenvalue weighted by molar-refractivity contribution is 5.48. The average Bonchev–Trinajstić information content (AvgIpc) is 2.36. The molecule has 5 heteroatoms. The summed E-state index contributed by atoms with van der Waals surface area (Å²) < 4.78 is 5.57. The highest BCUT2D eigenvalue weighted by Crippen LogP contribution is 2.26. The van der Waals surface area contributed by atoms with Gasteiger partial charge in [-0.05, 0) is 26.7 Å². The Morgan fingerprint density at radius 3 is 2.58 bits per heavy atom. The van der Waals surface area contributed by atoms with Crippen molar-refractivity contribution >= 4 is 11.6 Å². The largest absolute Gasteiger partial charge is 0.378 e. The summed E-state index contributed by atoms with van der Waals surface area (Å²) in [6, 6.07) is 2.46. The summed E-state index contributed by atoms with van der Waals surface area (Å²) in [6.45, 7) is 7.86. The van der Waals surface area contributed by atoms with Crippen molar-refractivity contribution in [2.75, 3.05) is 23.8 Å². The molecule has 0 radical (unpaired) electrons. The van der Waals surface area contributed by atoms with Crippen LogP contribution < -0.4 is 10.6 Å². The van der Waals surface area contributed by atoms with Gasteiger partial charge in [0.1, 0.15) is 17.5 Å². The summed E-state index contributed by atoms with van der Waals surface area (Å²) in [5, 5.41) is 6.71. The molecule has 1 aromatic rings. The standard InChI is InChI=1S/C14H24N4O/c1-4-12-17-13(15-5-2)9-14(18-12)16-10-7-11(8-10)19-6-3/h9-11H,4-8H2,1-3H3,(H2,15,16,17,18). The average molecular weight is 264 g/mol. The Morgan fingerprint density at radius 2 is 1.95 bits per heavy atom. The topological polar surface area (TPSA) is 59.1 Å². The maximum absolute atomic E-state index is 5.57. The van der Waals surface area contributed by atoms with Crippen molar-refractivity contribution in [3.8, 4) is 0 Å². The van der Waals surface area contributed by atoms with E-state index < -0.39 is 0 Å². The molecule has 1 aromatic heterocycles. The lowest BCUT2D eigenvalue weighted by Crippen LogP contribution is -2.41. The van der Waals surface area contributed by atoms with Gasteiger partial charge in [0.2, 0.25) is 0 Å². The minimum absolute atomic E-state index is 0.420. The van der Waals surface area contributed by atoms with Crippen molar-refractivity contribution in [2.24, 2.45) is 0 Å². The number of hydrogen-bond acceptors (Lipinski definition) is 5. The number of anilines is 2. The van der Waals surface area contributed by atoms with Crippen LogP contribution in [0.15, 0.2) is 6.07 Å². The number of rotatable bonds is 7. The third-order valence-corrected chi connectivity index (χ3v) is 3.30. The second kappa shape index (κ2) is 6.70. The first-order valence-electron chi connectivity index (χ1n) is 7.25. The highest BCUT2D eigenvalue weighted by Gasteiger charge is 2.29. The van der Waals surface area contributed by atoms with Crippen molar-refractivity contribution < 1.29 is 4.74 Å². The second-order valence-corrected chi connectivity index (χ2v) is 4.83. The molecule has 0 unspecified atom stereocenters. The molecule has 1 fully saturated rings. The molecule has 0 spiro atoms. The van der Waals surface area contributed by atoms with E-state index in [2.05, 4.69) is 34.4 Å².